The Kier molecular flexibility index (Phi) is 8.64. The number of carbonyl (C=O) groups excluding carboxylic acids is 2. The van der Waals surface area contributed by atoms with Crippen LogP contribution in [-0.2, 0) is 22.6 Å². The minimum absolute atomic E-state index is 0.0223. The normalized spacial score (nSPS) is 12.9. The molecule has 4 nitrogen and oxygen atoms in total. The third kappa shape index (κ3) is 6.45. The second-order valence-corrected chi connectivity index (χ2v) is 8.35. The number of benzene rings is 2. The van der Waals surface area contributed by atoms with Gasteiger partial charge in [0.25, 0.3) is 0 Å². The van der Waals surface area contributed by atoms with Gasteiger partial charge in [-0.25, -0.2) is 0 Å². The minimum Gasteiger partial charge on any atom is -0.352 e. The molecule has 4 heteroatoms. The van der Waals surface area contributed by atoms with Gasteiger partial charge in [-0.3, -0.25) is 9.59 Å². The van der Waals surface area contributed by atoms with Crippen LogP contribution in [0.15, 0.2) is 42.5 Å². The van der Waals surface area contributed by atoms with Gasteiger partial charge in [-0.15, -0.1) is 0 Å². The average molecular weight is 409 g/mol. The first-order chi connectivity index (χ1) is 14.2. The van der Waals surface area contributed by atoms with Crippen molar-refractivity contribution in [2.45, 2.75) is 79.4 Å². The fourth-order valence-electron chi connectivity index (χ4n) is 3.56. The third-order valence-electron chi connectivity index (χ3n) is 5.75. The molecule has 2 rings (SSSR count). The highest BCUT2D eigenvalue weighted by molar-refractivity contribution is 5.88. The predicted molar refractivity (Wildman–Crippen MR) is 123 cm³/mol. The summed E-state index contributed by atoms with van der Waals surface area (Å²) < 4.78 is 0. The fourth-order valence-corrected chi connectivity index (χ4v) is 3.56. The van der Waals surface area contributed by atoms with E-state index in [4.69, 9.17) is 0 Å². The standard InChI is InChI=1S/C26H36N2O2/c1-7-21(6)27-26(30)24(8-2)28(17-23-11-9-10-18(3)14-23)25(29)16-22-13-12-19(4)20(5)15-22/h9-15,21,24H,7-8,16-17H2,1-6H3,(H,27,30). The topological polar surface area (TPSA) is 49.4 Å². The maximum Gasteiger partial charge on any atom is 0.243 e. The number of rotatable bonds is 9. The summed E-state index contributed by atoms with van der Waals surface area (Å²) >= 11 is 0. The molecule has 0 saturated carbocycles. The smallest absolute Gasteiger partial charge is 0.243 e. The molecule has 0 bridgehead atoms. The van der Waals surface area contributed by atoms with Crippen molar-refractivity contribution in [3.63, 3.8) is 0 Å². The summed E-state index contributed by atoms with van der Waals surface area (Å²) in [7, 11) is 0. The van der Waals surface area contributed by atoms with E-state index in [0.29, 0.717) is 19.4 Å². The number of hydrogen-bond acceptors (Lipinski definition) is 2. The van der Waals surface area contributed by atoms with Crippen LogP contribution in [0.2, 0.25) is 0 Å². The molecule has 2 atom stereocenters. The van der Waals surface area contributed by atoms with E-state index in [2.05, 4.69) is 37.4 Å². The molecule has 0 saturated heterocycles. The van der Waals surface area contributed by atoms with E-state index in [1.165, 1.54) is 11.1 Å². The molecule has 0 aliphatic rings. The first-order valence-corrected chi connectivity index (χ1v) is 11.0. The van der Waals surface area contributed by atoms with E-state index in [-0.39, 0.29) is 17.9 Å². The zero-order valence-electron chi connectivity index (χ0n) is 19.3. The van der Waals surface area contributed by atoms with Gasteiger partial charge >= 0.3 is 0 Å². The zero-order valence-corrected chi connectivity index (χ0v) is 19.3. The Labute approximate surface area is 181 Å². The van der Waals surface area contributed by atoms with Crippen LogP contribution in [0, 0.1) is 20.8 Å². The molecular formula is C26H36N2O2. The van der Waals surface area contributed by atoms with Crippen molar-refractivity contribution in [2.24, 2.45) is 0 Å². The molecule has 30 heavy (non-hydrogen) atoms. The van der Waals surface area contributed by atoms with E-state index in [1.807, 2.05) is 52.0 Å². The van der Waals surface area contributed by atoms with E-state index in [1.54, 1.807) is 4.90 Å². The lowest BCUT2D eigenvalue weighted by Gasteiger charge is -2.31. The van der Waals surface area contributed by atoms with Crippen LogP contribution < -0.4 is 5.32 Å². The third-order valence-corrected chi connectivity index (χ3v) is 5.75. The van der Waals surface area contributed by atoms with E-state index < -0.39 is 6.04 Å². The van der Waals surface area contributed by atoms with Gasteiger partial charge in [0.2, 0.25) is 11.8 Å². The molecule has 2 aromatic rings. The van der Waals surface area contributed by atoms with E-state index in [0.717, 1.165) is 23.1 Å². The van der Waals surface area contributed by atoms with Crippen molar-refractivity contribution in [1.82, 2.24) is 10.2 Å². The van der Waals surface area contributed by atoms with Crippen molar-refractivity contribution >= 4 is 11.8 Å². The zero-order chi connectivity index (χ0) is 22.3. The monoisotopic (exact) mass is 408 g/mol. The second-order valence-electron chi connectivity index (χ2n) is 8.35. The maximum atomic E-state index is 13.4. The van der Waals surface area contributed by atoms with Gasteiger partial charge < -0.3 is 10.2 Å². The van der Waals surface area contributed by atoms with Crippen molar-refractivity contribution in [2.75, 3.05) is 0 Å². The van der Waals surface area contributed by atoms with E-state index >= 15 is 0 Å². The van der Waals surface area contributed by atoms with Gasteiger partial charge in [0.1, 0.15) is 6.04 Å². The number of nitrogens with one attached hydrogen (secondary N) is 1. The van der Waals surface area contributed by atoms with E-state index in [9.17, 15) is 9.59 Å². The lowest BCUT2D eigenvalue weighted by atomic mass is 10.0. The van der Waals surface area contributed by atoms with Crippen LogP contribution >= 0.6 is 0 Å². The SMILES string of the molecule is CCC(C)NC(=O)C(CC)N(Cc1cccc(C)c1)C(=O)Cc1ccc(C)c(C)c1. The summed E-state index contributed by atoms with van der Waals surface area (Å²) in [5, 5.41) is 3.06. The molecule has 0 spiro atoms. The summed E-state index contributed by atoms with van der Waals surface area (Å²) in [6.45, 7) is 12.6. The molecule has 2 unspecified atom stereocenters. The summed E-state index contributed by atoms with van der Waals surface area (Å²) in [5.41, 5.74) is 5.55. The van der Waals surface area contributed by atoms with Crippen LogP contribution in [0.1, 0.15) is 61.4 Å². The van der Waals surface area contributed by atoms with Crippen LogP contribution in [0.25, 0.3) is 0 Å². The Hall–Kier alpha value is -2.62. The number of hydrogen-bond donors (Lipinski definition) is 1. The molecular weight excluding hydrogens is 372 g/mol. The Balaban J connectivity index is 2.31. The van der Waals surface area contributed by atoms with Crippen molar-refractivity contribution < 1.29 is 9.59 Å². The largest absolute Gasteiger partial charge is 0.352 e. The molecule has 0 fully saturated rings. The predicted octanol–water partition coefficient (Wildman–Crippen LogP) is 4.88. The quantitative estimate of drug-likeness (QED) is 0.643. The molecule has 0 aliphatic carbocycles. The molecule has 0 aliphatic heterocycles. The van der Waals surface area contributed by atoms with Crippen molar-refractivity contribution in [3.8, 4) is 0 Å². The van der Waals surface area contributed by atoms with Crippen molar-refractivity contribution in [3.05, 3.63) is 70.3 Å². The number of carbonyl (C=O) groups is 2. The molecule has 2 amide bonds. The van der Waals surface area contributed by atoms with Gasteiger partial charge in [-0.1, -0.05) is 61.9 Å². The van der Waals surface area contributed by atoms with Crippen LogP contribution in [0.5, 0.6) is 0 Å². The molecule has 2 aromatic carbocycles. The highest BCUT2D eigenvalue weighted by atomic mass is 16.2. The molecule has 1 N–H and O–H groups in total. The second kappa shape index (κ2) is 11.0. The molecule has 0 heterocycles. The Morgan fingerprint density at radius 1 is 0.933 bits per heavy atom. The van der Waals surface area contributed by atoms with Gasteiger partial charge in [0.05, 0.1) is 6.42 Å². The summed E-state index contributed by atoms with van der Waals surface area (Å²) in [5.74, 6) is -0.0983. The van der Waals surface area contributed by atoms with Gasteiger partial charge in [-0.05, 0) is 62.8 Å². The molecule has 0 aromatic heterocycles. The number of amides is 2. The number of nitrogens with zero attached hydrogens (tertiary/aromatic N) is 1. The molecule has 162 valence electrons. The Morgan fingerprint density at radius 3 is 2.27 bits per heavy atom. The lowest BCUT2D eigenvalue weighted by molar-refractivity contribution is -0.141. The van der Waals surface area contributed by atoms with Gasteiger partial charge in [0, 0.05) is 12.6 Å². The maximum absolute atomic E-state index is 13.4. The van der Waals surface area contributed by atoms with Crippen molar-refractivity contribution in [1.29, 1.82) is 0 Å². The van der Waals surface area contributed by atoms with Crippen LogP contribution in [0.4, 0.5) is 0 Å². The van der Waals surface area contributed by atoms with Crippen LogP contribution in [0.3, 0.4) is 0 Å². The summed E-state index contributed by atoms with van der Waals surface area (Å²) in [4.78, 5) is 28.1. The molecule has 0 radical (unpaired) electrons. The number of aryl methyl sites for hydroxylation is 3. The lowest BCUT2D eigenvalue weighted by Crippen LogP contribution is -2.51. The fraction of sp³-hybridized carbons (Fsp3) is 0.462. The van der Waals surface area contributed by atoms with Gasteiger partial charge in [-0.2, -0.15) is 0 Å². The average Bonchev–Trinajstić information content (AvgIpc) is 2.70. The van der Waals surface area contributed by atoms with Crippen LogP contribution in [-0.4, -0.2) is 28.8 Å². The Bertz CT molecular complexity index is 875. The first kappa shape index (κ1) is 23.7. The highest BCUT2D eigenvalue weighted by Gasteiger charge is 2.29. The Morgan fingerprint density at radius 2 is 1.67 bits per heavy atom. The minimum atomic E-state index is -0.487. The summed E-state index contributed by atoms with van der Waals surface area (Å²) in [6, 6.07) is 13.9. The first-order valence-electron chi connectivity index (χ1n) is 11.0. The van der Waals surface area contributed by atoms with Gasteiger partial charge in [0.15, 0.2) is 0 Å². The summed E-state index contributed by atoms with van der Waals surface area (Å²) in [6.07, 6.45) is 1.73. The highest BCUT2D eigenvalue weighted by Crippen LogP contribution is 2.17.